The molecule has 8 N–H and O–H groups in total. The highest BCUT2D eigenvalue weighted by Gasteiger charge is 2.13. The Bertz CT molecular complexity index is 2160. The van der Waals surface area contributed by atoms with Crippen molar-refractivity contribution in [3.05, 3.63) is 180 Å². The average molecular weight is 779 g/mol. The number of esters is 4. The van der Waals surface area contributed by atoms with Gasteiger partial charge in [-0.1, -0.05) is 38.1 Å². The van der Waals surface area contributed by atoms with Crippen LogP contribution in [0.15, 0.2) is 158 Å². The second kappa shape index (κ2) is 21.7. The fraction of sp³-hybridized carbons (Fsp3) is 0.0435. The zero-order valence-electron chi connectivity index (χ0n) is 31.7. The van der Waals surface area contributed by atoms with Gasteiger partial charge in [-0.25, -0.2) is 19.2 Å². The van der Waals surface area contributed by atoms with E-state index in [1.54, 1.807) is 133 Å². The first-order chi connectivity index (χ1) is 28.0. The summed E-state index contributed by atoms with van der Waals surface area (Å²) in [6.45, 7) is 4.00. The number of ether oxygens (including phenoxy) is 4. The molecule has 0 bridgehead atoms. The lowest BCUT2D eigenvalue weighted by Gasteiger charge is -2.07. The van der Waals surface area contributed by atoms with E-state index in [1.807, 2.05) is 13.8 Å². The van der Waals surface area contributed by atoms with Gasteiger partial charge in [0, 0.05) is 34.9 Å². The van der Waals surface area contributed by atoms with Gasteiger partial charge in [0.15, 0.2) is 0 Å². The van der Waals surface area contributed by atoms with Crippen molar-refractivity contribution in [2.45, 2.75) is 13.8 Å². The summed E-state index contributed by atoms with van der Waals surface area (Å²) in [7, 11) is 0. The van der Waals surface area contributed by atoms with Crippen molar-refractivity contribution in [2.24, 2.45) is 0 Å². The van der Waals surface area contributed by atoms with Gasteiger partial charge in [-0.05, 0) is 145 Å². The molecule has 0 amide bonds. The molecule has 0 aromatic heterocycles. The predicted octanol–water partition coefficient (Wildman–Crippen LogP) is 8.40. The molecule has 6 aromatic carbocycles. The molecule has 58 heavy (non-hydrogen) atoms. The van der Waals surface area contributed by atoms with Gasteiger partial charge in [0.2, 0.25) is 0 Å². The standard InChI is InChI=1S/C24H20N2O4.C20H16N2O4.C2H6/c25-19-7-1-17(2-8-19)5-15-23(27)29-21-11-13-22(14-12-21)30-24(28)16-6-18-3-9-20(26)10-4-18;21-15-5-9-17(10-6-15)25-19(23)13-1-2-14(4-3-13)20(24)26-18-11-7-16(22)8-12-18;1-2/h1-16H,25-26H2;1-12H,21-22H2;1-2H3/b15-5+,16-6+;;. The Morgan fingerprint density at radius 3 is 0.897 bits per heavy atom. The third kappa shape index (κ3) is 14.3. The summed E-state index contributed by atoms with van der Waals surface area (Å²) in [6.07, 6.45) is 5.90. The number of hydrogen-bond acceptors (Lipinski definition) is 12. The van der Waals surface area contributed by atoms with Crippen LogP contribution in [0, 0.1) is 0 Å². The molecule has 0 saturated carbocycles. The highest BCUT2D eigenvalue weighted by Crippen LogP contribution is 2.20. The molecular formula is C46H42N4O8. The summed E-state index contributed by atoms with van der Waals surface area (Å²) >= 11 is 0. The highest BCUT2D eigenvalue weighted by atomic mass is 16.5. The van der Waals surface area contributed by atoms with Crippen molar-refractivity contribution < 1.29 is 38.1 Å². The molecule has 294 valence electrons. The van der Waals surface area contributed by atoms with E-state index in [4.69, 9.17) is 41.9 Å². The summed E-state index contributed by atoms with van der Waals surface area (Å²) in [6, 6.07) is 39.3. The smallest absolute Gasteiger partial charge is 0.343 e. The summed E-state index contributed by atoms with van der Waals surface area (Å²) in [5.74, 6) is -0.683. The second-order valence-electron chi connectivity index (χ2n) is 11.8. The number of hydrogen-bond donors (Lipinski definition) is 4. The fourth-order valence-corrected chi connectivity index (χ4v) is 4.56. The monoisotopic (exact) mass is 778 g/mol. The first-order valence-corrected chi connectivity index (χ1v) is 17.9. The van der Waals surface area contributed by atoms with Crippen LogP contribution >= 0.6 is 0 Å². The Balaban J connectivity index is 0.000000248. The van der Waals surface area contributed by atoms with Crippen molar-refractivity contribution in [1.82, 2.24) is 0 Å². The van der Waals surface area contributed by atoms with E-state index in [9.17, 15) is 19.2 Å². The Morgan fingerprint density at radius 1 is 0.362 bits per heavy atom. The molecule has 0 aliphatic rings. The number of nitrogen functional groups attached to an aromatic ring is 4. The maximum absolute atomic E-state index is 12.1. The van der Waals surface area contributed by atoms with Crippen molar-refractivity contribution >= 4 is 58.8 Å². The van der Waals surface area contributed by atoms with Gasteiger partial charge in [-0.15, -0.1) is 0 Å². The number of benzene rings is 6. The summed E-state index contributed by atoms with van der Waals surface area (Å²) in [5.41, 5.74) is 27.1. The van der Waals surface area contributed by atoms with Gasteiger partial charge in [0.25, 0.3) is 0 Å². The normalized spacial score (nSPS) is 10.3. The molecular weight excluding hydrogens is 737 g/mol. The molecule has 0 aliphatic carbocycles. The third-order valence-electron chi connectivity index (χ3n) is 7.49. The quantitative estimate of drug-likeness (QED) is 0.0447. The summed E-state index contributed by atoms with van der Waals surface area (Å²) in [5, 5.41) is 0. The second-order valence-corrected chi connectivity index (χ2v) is 11.8. The van der Waals surface area contributed by atoms with Crippen LogP contribution in [0.2, 0.25) is 0 Å². The molecule has 0 radical (unpaired) electrons. The van der Waals surface area contributed by atoms with E-state index in [-0.39, 0.29) is 0 Å². The zero-order valence-corrected chi connectivity index (χ0v) is 31.7. The van der Waals surface area contributed by atoms with Crippen molar-refractivity contribution in [2.75, 3.05) is 22.9 Å². The fourth-order valence-electron chi connectivity index (χ4n) is 4.56. The Morgan fingerprint density at radius 2 is 0.603 bits per heavy atom. The SMILES string of the molecule is CC.Nc1ccc(/C=C/C(=O)Oc2ccc(OC(=O)/C=C/c3ccc(N)cc3)cc2)cc1.Nc1ccc(OC(=O)c2ccc(C(=O)Oc3ccc(N)cc3)cc2)cc1. The van der Waals surface area contributed by atoms with Crippen LogP contribution in [-0.2, 0) is 9.59 Å². The Labute approximate surface area is 335 Å². The molecule has 0 aliphatic heterocycles. The number of carbonyl (C=O) groups is 4. The minimum Gasteiger partial charge on any atom is -0.423 e. The van der Waals surface area contributed by atoms with Crippen LogP contribution in [0.4, 0.5) is 22.7 Å². The van der Waals surface area contributed by atoms with E-state index in [0.29, 0.717) is 56.9 Å². The summed E-state index contributed by atoms with van der Waals surface area (Å²) in [4.78, 5) is 48.1. The van der Waals surface area contributed by atoms with Crippen molar-refractivity contribution in [3.63, 3.8) is 0 Å². The van der Waals surface area contributed by atoms with Crippen molar-refractivity contribution in [3.8, 4) is 23.0 Å². The molecule has 6 rings (SSSR count). The minimum atomic E-state index is -0.534. The van der Waals surface area contributed by atoms with E-state index in [1.165, 1.54) is 36.4 Å². The Kier molecular flexibility index (Phi) is 15.9. The maximum Gasteiger partial charge on any atom is 0.343 e. The van der Waals surface area contributed by atoms with Gasteiger partial charge in [0.1, 0.15) is 23.0 Å². The van der Waals surface area contributed by atoms with E-state index in [0.717, 1.165) is 11.1 Å². The third-order valence-corrected chi connectivity index (χ3v) is 7.49. The lowest BCUT2D eigenvalue weighted by molar-refractivity contribution is -0.130. The van der Waals surface area contributed by atoms with Crippen molar-refractivity contribution in [1.29, 1.82) is 0 Å². The van der Waals surface area contributed by atoms with Crippen LogP contribution in [0.5, 0.6) is 23.0 Å². The predicted molar refractivity (Wildman–Crippen MR) is 227 cm³/mol. The molecule has 12 heteroatoms. The molecule has 6 aromatic rings. The van der Waals surface area contributed by atoms with Crippen LogP contribution < -0.4 is 41.9 Å². The molecule has 0 heterocycles. The van der Waals surface area contributed by atoms with Crippen LogP contribution in [0.3, 0.4) is 0 Å². The topological polar surface area (TPSA) is 209 Å². The van der Waals surface area contributed by atoms with Gasteiger partial charge < -0.3 is 41.9 Å². The van der Waals surface area contributed by atoms with E-state index in [2.05, 4.69) is 0 Å². The first-order valence-electron chi connectivity index (χ1n) is 17.9. The number of rotatable bonds is 10. The van der Waals surface area contributed by atoms with Gasteiger partial charge in [0.05, 0.1) is 11.1 Å². The molecule has 0 saturated heterocycles. The van der Waals surface area contributed by atoms with Crippen LogP contribution in [-0.4, -0.2) is 23.9 Å². The number of carbonyl (C=O) groups excluding carboxylic acids is 4. The van der Waals surface area contributed by atoms with E-state index >= 15 is 0 Å². The molecule has 0 unspecified atom stereocenters. The lowest BCUT2D eigenvalue weighted by atomic mass is 10.1. The number of nitrogens with two attached hydrogens (primary N) is 4. The van der Waals surface area contributed by atoms with Crippen LogP contribution in [0.25, 0.3) is 12.2 Å². The largest absolute Gasteiger partial charge is 0.423 e. The number of anilines is 4. The molecule has 0 spiro atoms. The van der Waals surface area contributed by atoms with Gasteiger partial charge in [-0.3, -0.25) is 0 Å². The molecule has 0 fully saturated rings. The van der Waals surface area contributed by atoms with Gasteiger partial charge in [-0.2, -0.15) is 0 Å². The highest BCUT2D eigenvalue weighted by molar-refractivity contribution is 5.95. The minimum absolute atomic E-state index is 0.311. The first kappa shape index (κ1) is 42.6. The molecule has 0 atom stereocenters. The lowest BCUT2D eigenvalue weighted by Crippen LogP contribution is -2.11. The van der Waals surface area contributed by atoms with Gasteiger partial charge >= 0.3 is 23.9 Å². The maximum atomic E-state index is 12.1. The van der Waals surface area contributed by atoms with E-state index < -0.39 is 23.9 Å². The zero-order chi connectivity index (χ0) is 41.9. The van der Waals surface area contributed by atoms with Crippen LogP contribution in [0.1, 0.15) is 45.7 Å². The molecule has 12 nitrogen and oxygen atoms in total. The summed E-state index contributed by atoms with van der Waals surface area (Å²) < 4.78 is 20.9. The Hall–Kier alpha value is -8.12. The average Bonchev–Trinajstić information content (AvgIpc) is 3.24.